The standard InChI is InChI=1S/C8H6OS2/c1-5(9)7-4-6-2-3-10-8(6)11-7/h2-4H,1H3. The minimum atomic E-state index is 0.165. The Morgan fingerprint density at radius 1 is 1.55 bits per heavy atom. The summed E-state index contributed by atoms with van der Waals surface area (Å²) in [6.07, 6.45) is 0. The fourth-order valence-corrected chi connectivity index (χ4v) is 2.94. The molecule has 0 aliphatic rings. The third-order valence-electron chi connectivity index (χ3n) is 1.49. The van der Waals surface area contributed by atoms with Crippen LogP contribution in [0.3, 0.4) is 0 Å². The monoisotopic (exact) mass is 182 g/mol. The first-order chi connectivity index (χ1) is 5.27. The van der Waals surface area contributed by atoms with E-state index < -0.39 is 0 Å². The van der Waals surface area contributed by atoms with Gasteiger partial charge in [0.05, 0.1) is 8.89 Å². The number of hydrogen-bond acceptors (Lipinski definition) is 3. The van der Waals surface area contributed by atoms with E-state index in [1.54, 1.807) is 29.6 Å². The summed E-state index contributed by atoms with van der Waals surface area (Å²) in [5.41, 5.74) is 0. The highest BCUT2D eigenvalue weighted by molar-refractivity contribution is 7.38. The molecular formula is C8H6OS2. The first kappa shape index (κ1) is 7.00. The first-order valence-corrected chi connectivity index (χ1v) is 4.95. The highest BCUT2D eigenvalue weighted by atomic mass is 32.2. The van der Waals surface area contributed by atoms with Gasteiger partial charge in [-0.2, -0.15) is 0 Å². The van der Waals surface area contributed by atoms with Crippen LogP contribution in [0.25, 0.3) is 9.40 Å². The van der Waals surface area contributed by atoms with Crippen molar-refractivity contribution < 1.29 is 4.79 Å². The molecule has 3 heteroatoms. The Balaban J connectivity index is 2.67. The lowest BCUT2D eigenvalue weighted by molar-refractivity contribution is 0.102. The lowest BCUT2D eigenvalue weighted by atomic mass is 10.3. The van der Waals surface area contributed by atoms with Gasteiger partial charge in [0.2, 0.25) is 0 Å². The van der Waals surface area contributed by atoms with E-state index in [1.165, 1.54) is 9.40 Å². The average Bonchev–Trinajstić information content (AvgIpc) is 2.40. The Morgan fingerprint density at radius 2 is 2.36 bits per heavy atom. The lowest BCUT2D eigenvalue weighted by Crippen LogP contribution is -1.83. The van der Waals surface area contributed by atoms with Crippen LogP contribution < -0.4 is 0 Å². The van der Waals surface area contributed by atoms with Crippen molar-refractivity contribution in [1.29, 1.82) is 0 Å². The van der Waals surface area contributed by atoms with Gasteiger partial charge in [0.15, 0.2) is 5.78 Å². The van der Waals surface area contributed by atoms with Gasteiger partial charge in [-0.25, -0.2) is 0 Å². The van der Waals surface area contributed by atoms with Gasteiger partial charge in [0, 0.05) is 5.39 Å². The molecule has 0 unspecified atom stereocenters. The molecule has 0 bridgehead atoms. The highest BCUT2D eigenvalue weighted by Gasteiger charge is 2.05. The third-order valence-corrected chi connectivity index (χ3v) is 3.80. The minimum absolute atomic E-state index is 0.165. The van der Waals surface area contributed by atoms with Crippen LogP contribution in [0, 0.1) is 0 Å². The van der Waals surface area contributed by atoms with E-state index in [1.807, 2.05) is 17.5 Å². The van der Waals surface area contributed by atoms with Crippen molar-refractivity contribution in [2.45, 2.75) is 6.92 Å². The van der Waals surface area contributed by atoms with Crippen molar-refractivity contribution in [2.24, 2.45) is 0 Å². The average molecular weight is 182 g/mol. The van der Waals surface area contributed by atoms with Crippen molar-refractivity contribution >= 4 is 37.9 Å². The van der Waals surface area contributed by atoms with Crippen LogP contribution in [0.2, 0.25) is 0 Å². The lowest BCUT2D eigenvalue weighted by Gasteiger charge is -1.80. The van der Waals surface area contributed by atoms with E-state index in [0.29, 0.717) is 0 Å². The van der Waals surface area contributed by atoms with Crippen molar-refractivity contribution in [3.05, 3.63) is 22.4 Å². The maximum absolute atomic E-state index is 10.9. The molecule has 0 N–H and O–H groups in total. The number of ketones is 1. The summed E-state index contributed by atoms with van der Waals surface area (Å²) < 4.78 is 1.25. The summed E-state index contributed by atoms with van der Waals surface area (Å²) >= 11 is 3.27. The van der Waals surface area contributed by atoms with Gasteiger partial charge in [0.1, 0.15) is 0 Å². The SMILES string of the molecule is CC(=O)c1cc2ccsc2s1. The van der Waals surface area contributed by atoms with Gasteiger partial charge in [-0.15, -0.1) is 22.7 Å². The molecule has 11 heavy (non-hydrogen) atoms. The fourth-order valence-electron chi connectivity index (χ4n) is 0.939. The number of thiophene rings is 2. The molecule has 0 aliphatic heterocycles. The van der Waals surface area contributed by atoms with Crippen LogP contribution >= 0.6 is 22.7 Å². The van der Waals surface area contributed by atoms with Crippen molar-refractivity contribution in [3.63, 3.8) is 0 Å². The maximum atomic E-state index is 10.9. The van der Waals surface area contributed by atoms with E-state index in [2.05, 4.69) is 0 Å². The van der Waals surface area contributed by atoms with Gasteiger partial charge in [0.25, 0.3) is 0 Å². The Labute approximate surface area is 72.3 Å². The van der Waals surface area contributed by atoms with Gasteiger partial charge in [-0.05, 0) is 24.4 Å². The van der Waals surface area contributed by atoms with Crippen molar-refractivity contribution in [1.82, 2.24) is 0 Å². The van der Waals surface area contributed by atoms with Crippen LogP contribution in [0.1, 0.15) is 16.6 Å². The molecule has 2 rings (SSSR count). The molecule has 0 spiro atoms. The molecule has 0 aliphatic carbocycles. The van der Waals surface area contributed by atoms with E-state index in [4.69, 9.17) is 0 Å². The van der Waals surface area contributed by atoms with Gasteiger partial charge >= 0.3 is 0 Å². The zero-order chi connectivity index (χ0) is 7.84. The van der Waals surface area contributed by atoms with Gasteiger partial charge < -0.3 is 0 Å². The second kappa shape index (κ2) is 2.43. The quantitative estimate of drug-likeness (QED) is 0.619. The molecule has 2 aromatic heterocycles. The summed E-state index contributed by atoms with van der Waals surface area (Å²) in [5, 5.41) is 3.25. The molecule has 1 nitrogen and oxygen atoms in total. The summed E-state index contributed by atoms with van der Waals surface area (Å²) in [6, 6.07) is 4.00. The molecule has 0 fully saturated rings. The summed E-state index contributed by atoms with van der Waals surface area (Å²) in [4.78, 5) is 11.8. The molecule has 56 valence electrons. The number of Topliss-reactive ketones (excluding diaryl/α,β-unsaturated/α-hetero) is 1. The number of rotatable bonds is 1. The molecular weight excluding hydrogens is 176 g/mol. The van der Waals surface area contributed by atoms with Crippen LogP contribution in [0.15, 0.2) is 17.5 Å². The number of carbonyl (C=O) groups is 1. The summed E-state index contributed by atoms with van der Waals surface area (Å²) in [7, 11) is 0. The van der Waals surface area contributed by atoms with E-state index in [9.17, 15) is 4.79 Å². The molecule has 0 radical (unpaired) electrons. The zero-order valence-electron chi connectivity index (χ0n) is 5.96. The normalized spacial score (nSPS) is 10.6. The second-order valence-corrected chi connectivity index (χ2v) is 4.56. The van der Waals surface area contributed by atoms with E-state index in [0.717, 1.165) is 4.88 Å². The Kier molecular flexibility index (Phi) is 1.55. The molecule has 0 amide bonds. The van der Waals surface area contributed by atoms with Gasteiger partial charge in [-0.1, -0.05) is 0 Å². The third kappa shape index (κ3) is 1.10. The zero-order valence-corrected chi connectivity index (χ0v) is 7.59. The Bertz CT molecular complexity index is 368. The smallest absolute Gasteiger partial charge is 0.169 e. The van der Waals surface area contributed by atoms with E-state index >= 15 is 0 Å². The molecule has 2 heterocycles. The topological polar surface area (TPSA) is 17.1 Å². The summed E-state index contributed by atoms with van der Waals surface area (Å²) in [6.45, 7) is 1.61. The van der Waals surface area contributed by atoms with Crippen LogP contribution in [-0.2, 0) is 0 Å². The minimum Gasteiger partial charge on any atom is -0.294 e. The molecule has 2 aromatic rings. The predicted octanol–water partition coefficient (Wildman–Crippen LogP) is 3.17. The second-order valence-electron chi connectivity index (χ2n) is 2.33. The first-order valence-electron chi connectivity index (χ1n) is 3.25. The molecule has 0 aromatic carbocycles. The van der Waals surface area contributed by atoms with Gasteiger partial charge in [-0.3, -0.25) is 4.79 Å². The molecule has 0 saturated carbocycles. The highest BCUT2D eigenvalue weighted by Crippen LogP contribution is 2.30. The largest absolute Gasteiger partial charge is 0.294 e. The predicted molar refractivity (Wildman–Crippen MR) is 49.7 cm³/mol. The Hall–Kier alpha value is -0.670. The van der Waals surface area contributed by atoms with Crippen molar-refractivity contribution in [2.75, 3.05) is 0 Å². The van der Waals surface area contributed by atoms with Crippen LogP contribution in [0.5, 0.6) is 0 Å². The van der Waals surface area contributed by atoms with E-state index in [-0.39, 0.29) is 5.78 Å². The summed E-state index contributed by atoms with van der Waals surface area (Å²) in [5.74, 6) is 0.165. The van der Waals surface area contributed by atoms with Crippen LogP contribution in [-0.4, -0.2) is 5.78 Å². The molecule has 0 saturated heterocycles. The van der Waals surface area contributed by atoms with Crippen LogP contribution in [0.4, 0.5) is 0 Å². The molecule has 0 atom stereocenters. The number of carbonyl (C=O) groups excluding carboxylic acids is 1. The Morgan fingerprint density at radius 3 is 3.00 bits per heavy atom. The fraction of sp³-hybridized carbons (Fsp3) is 0.125. The maximum Gasteiger partial charge on any atom is 0.169 e. The number of hydrogen-bond donors (Lipinski definition) is 0. The number of fused-ring (bicyclic) bond motifs is 1. The van der Waals surface area contributed by atoms with Crippen molar-refractivity contribution in [3.8, 4) is 0 Å².